The average Bonchev–Trinajstić information content (AvgIpc) is 3.19. The Morgan fingerprint density at radius 2 is 1.91 bits per heavy atom. The molecule has 3 aromatic heterocycles. The third-order valence-corrected chi connectivity index (χ3v) is 5.63. The molecule has 0 amide bonds. The van der Waals surface area contributed by atoms with Crippen molar-refractivity contribution in [2.45, 2.75) is 17.9 Å². The number of rotatable bonds is 4. The van der Waals surface area contributed by atoms with E-state index >= 15 is 0 Å². The molecule has 4 rings (SSSR count). The second-order valence-electron chi connectivity index (χ2n) is 6.94. The maximum atomic E-state index is 12.1. The molecule has 0 saturated heterocycles. The van der Waals surface area contributed by atoms with Gasteiger partial charge in [0.2, 0.25) is 21.7 Å². The number of nitrogens with zero attached hydrogens (tertiary/aromatic N) is 4. The van der Waals surface area contributed by atoms with Gasteiger partial charge in [-0.3, -0.25) is 4.40 Å². The van der Waals surface area contributed by atoms with E-state index in [4.69, 9.17) is 9.88 Å². The van der Waals surface area contributed by atoms with Crippen LogP contribution in [0.15, 0.2) is 59.8 Å². The number of sulfonamides is 1. The molecular weight excluding hydrogens is 430 g/mol. The standard InChI is InChI=1S/C22H19N5O4S/c1-14(28)7-9-20-25-26-21-10-8-15(13-27(20)21)16-11-18(22(31-2)24-12-16)17-5-3-4-6-19(17)32(23,29)30/h3-6,8,10-14,28H,1-2H3,(H2,23,29,30). The van der Waals surface area contributed by atoms with Crippen LogP contribution in [0.5, 0.6) is 5.88 Å². The highest BCUT2D eigenvalue weighted by Crippen LogP contribution is 2.35. The molecule has 9 nitrogen and oxygen atoms in total. The van der Waals surface area contributed by atoms with Crippen LogP contribution in [0.3, 0.4) is 0 Å². The first-order valence-electron chi connectivity index (χ1n) is 9.49. The van der Waals surface area contributed by atoms with Crippen LogP contribution < -0.4 is 9.88 Å². The van der Waals surface area contributed by atoms with E-state index in [0.29, 0.717) is 28.2 Å². The van der Waals surface area contributed by atoms with E-state index in [1.54, 1.807) is 54.0 Å². The van der Waals surface area contributed by atoms with E-state index in [9.17, 15) is 13.5 Å². The summed E-state index contributed by atoms with van der Waals surface area (Å²) < 4.78 is 31.3. The molecule has 3 N–H and O–H groups in total. The molecule has 162 valence electrons. The molecule has 10 heteroatoms. The van der Waals surface area contributed by atoms with Crippen molar-refractivity contribution in [3.8, 4) is 40.0 Å². The van der Waals surface area contributed by atoms with Crippen molar-refractivity contribution < 1.29 is 18.3 Å². The predicted molar refractivity (Wildman–Crippen MR) is 118 cm³/mol. The molecule has 0 saturated carbocycles. The van der Waals surface area contributed by atoms with E-state index in [1.165, 1.54) is 13.2 Å². The van der Waals surface area contributed by atoms with Crippen LogP contribution in [0.2, 0.25) is 0 Å². The smallest absolute Gasteiger partial charge is 0.238 e. The largest absolute Gasteiger partial charge is 0.481 e. The van der Waals surface area contributed by atoms with Crippen LogP contribution in [0.1, 0.15) is 12.7 Å². The minimum atomic E-state index is -3.96. The lowest BCUT2D eigenvalue weighted by Crippen LogP contribution is -2.13. The number of benzene rings is 1. The Kier molecular flexibility index (Phi) is 5.63. The SMILES string of the molecule is COc1ncc(-c2ccc3nnc(C#CC(C)O)n3c2)cc1-c1ccccc1S(N)(=O)=O. The minimum Gasteiger partial charge on any atom is -0.481 e. The van der Waals surface area contributed by atoms with Crippen molar-refractivity contribution in [1.82, 2.24) is 19.6 Å². The minimum absolute atomic E-state index is 0.0257. The maximum Gasteiger partial charge on any atom is 0.238 e. The van der Waals surface area contributed by atoms with Gasteiger partial charge in [0.1, 0.15) is 6.10 Å². The first-order chi connectivity index (χ1) is 15.3. The molecule has 32 heavy (non-hydrogen) atoms. The van der Waals surface area contributed by atoms with Crippen molar-refractivity contribution in [2.75, 3.05) is 7.11 Å². The predicted octanol–water partition coefficient (Wildman–Crippen LogP) is 1.85. The number of ether oxygens (including phenoxy) is 1. The summed E-state index contributed by atoms with van der Waals surface area (Å²) in [6, 6.07) is 11.8. The summed E-state index contributed by atoms with van der Waals surface area (Å²) in [4.78, 5) is 4.34. The Bertz CT molecular complexity index is 1480. The number of nitrogens with two attached hydrogens (primary N) is 1. The monoisotopic (exact) mass is 449 g/mol. The van der Waals surface area contributed by atoms with Gasteiger partial charge in [-0.1, -0.05) is 24.1 Å². The van der Waals surface area contributed by atoms with Crippen LogP contribution >= 0.6 is 0 Å². The number of hydrogen-bond donors (Lipinski definition) is 2. The van der Waals surface area contributed by atoms with Gasteiger partial charge in [-0.05, 0) is 37.1 Å². The summed E-state index contributed by atoms with van der Waals surface area (Å²) in [7, 11) is -2.50. The maximum absolute atomic E-state index is 12.1. The van der Waals surface area contributed by atoms with Gasteiger partial charge < -0.3 is 9.84 Å². The van der Waals surface area contributed by atoms with Crippen molar-refractivity contribution >= 4 is 15.7 Å². The number of primary sulfonamides is 1. The Balaban J connectivity index is 1.88. The third kappa shape index (κ3) is 4.17. The summed E-state index contributed by atoms with van der Waals surface area (Å²) in [6.45, 7) is 1.56. The Labute approximate surface area is 184 Å². The number of aliphatic hydroxyl groups is 1. The van der Waals surface area contributed by atoms with Crippen molar-refractivity contribution in [3.05, 3.63) is 60.7 Å². The fourth-order valence-corrected chi connectivity index (χ4v) is 3.97. The number of fused-ring (bicyclic) bond motifs is 1. The lowest BCUT2D eigenvalue weighted by atomic mass is 10.0. The van der Waals surface area contributed by atoms with E-state index in [-0.39, 0.29) is 10.8 Å². The van der Waals surface area contributed by atoms with E-state index < -0.39 is 16.1 Å². The molecule has 1 atom stereocenters. The van der Waals surface area contributed by atoms with Gasteiger partial charge in [0.05, 0.1) is 12.0 Å². The second-order valence-corrected chi connectivity index (χ2v) is 8.47. The number of hydrogen-bond acceptors (Lipinski definition) is 7. The van der Waals surface area contributed by atoms with Crippen LogP contribution in [-0.2, 0) is 10.0 Å². The van der Waals surface area contributed by atoms with Crippen LogP contribution in [-0.4, -0.2) is 46.3 Å². The normalized spacial score (nSPS) is 12.2. The summed E-state index contributed by atoms with van der Waals surface area (Å²) in [5.41, 5.74) is 2.92. The van der Waals surface area contributed by atoms with Gasteiger partial charge in [-0.2, -0.15) is 0 Å². The van der Waals surface area contributed by atoms with Crippen molar-refractivity contribution in [2.24, 2.45) is 5.14 Å². The van der Waals surface area contributed by atoms with Gasteiger partial charge in [0.15, 0.2) is 5.65 Å². The average molecular weight is 449 g/mol. The summed E-state index contributed by atoms with van der Waals surface area (Å²) >= 11 is 0. The number of methoxy groups -OCH3 is 1. The van der Waals surface area contributed by atoms with Gasteiger partial charge in [-0.15, -0.1) is 10.2 Å². The molecule has 3 heterocycles. The zero-order valence-electron chi connectivity index (χ0n) is 17.2. The lowest BCUT2D eigenvalue weighted by Gasteiger charge is -2.13. The zero-order valence-corrected chi connectivity index (χ0v) is 18.0. The van der Waals surface area contributed by atoms with Gasteiger partial charge in [0.25, 0.3) is 0 Å². The van der Waals surface area contributed by atoms with Gasteiger partial charge in [0, 0.05) is 34.6 Å². The Hall–Kier alpha value is -3.78. The quantitative estimate of drug-likeness (QED) is 0.454. The Morgan fingerprint density at radius 3 is 2.62 bits per heavy atom. The van der Waals surface area contributed by atoms with E-state index in [0.717, 1.165) is 5.56 Å². The molecule has 0 bridgehead atoms. The molecule has 0 aliphatic carbocycles. The molecule has 0 spiro atoms. The summed E-state index contributed by atoms with van der Waals surface area (Å²) in [6.07, 6.45) is 2.62. The van der Waals surface area contributed by atoms with Crippen LogP contribution in [0, 0.1) is 11.8 Å². The highest BCUT2D eigenvalue weighted by molar-refractivity contribution is 7.89. The molecule has 0 aliphatic rings. The summed E-state index contributed by atoms with van der Waals surface area (Å²) in [5.74, 6) is 6.09. The van der Waals surface area contributed by atoms with E-state index in [2.05, 4.69) is 27.0 Å². The Morgan fingerprint density at radius 1 is 1.12 bits per heavy atom. The molecule has 1 aromatic carbocycles. The third-order valence-electron chi connectivity index (χ3n) is 4.66. The first kappa shape index (κ1) is 21.5. The first-order valence-corrected chi connectivity index (χ1v) is 11.0. The highest BCUT2D eigenvalue weighted by Gasteiger charge is 2.19. The molecule has 0 radical (unpaired) electrons. The lowest BCUT2D eigenvalue weighted by molar-refractivity contribution is 0.253. The fraction of sp³-hybridized carbons (Fsp3) is 0.136. The molecular formula is C22H19N5O4S. The zero-order chi connectivity index (χ0) is 22.9. The highest BCUT2D eigenvalue weighted by atomic mass is 32.2. The van der Waals surface area contributed by atoms with Crippen LogP contribution in [0.25, 0.3) is 27.9 Å². The number of aromatic nitrogens is 4. The molecule has 4 aromatic rings. The van der Waals surface area contributed by atoms with Crippen molar-refractivity contribution in [1.29, 1.82) is 0 Å². The van der Waals surface area contributed by atoms with Crippen molar-refractivity contribution in [3.63, 3.8) is 0 Å². The second kappa shape index (κ2) is 8.39. The topological polar surface area (TPSA) is 133 Å². The molecule has 1 unspecified atom stereocenters. The molecule has 0 aliphatic heterocycles. The van der Waals surface area contributed by atoms with Crippen LogP contribution in [0.4, 0.5) is 0 Å². The summed E-state index contributed by atoms with van der Waals surface area (Å²) in [5, 5.41) is 23.0. The molecule has 0 fully saturated rings. The van der Waals surface area contributed by atoms with Gasteiger partial charge >= 0.3 is 0 Å². The number of aliphatic hydroxyl groups excluding tert-OH is 1. The number of pyridine rings is 2. The van der Waals surface area contributed by atoms with Gasteiger partial charge in [-0.25, -0.2) is 18.5 Å². The fourth-order valence-electron chi connectivity index (χ4n) is 3.22. The van der Waals surface area contributed by atoms with E-state index in [1.807, 2.05) is 6.07 Å².